The second-order valence-electron chi connectivity index (χ2n) is 11.5. The first-order valence-corrected chi connectivity index (χ1v) is 19.3. The Bertz CT molecular complexity index is 943. The Hall–Kier alpha value is -1.76. The number of carboxylic acids is 1. The fourth-order valence-corrected chi connectivity index (χ4v) is 5.48. The monoisotopic (exact) mass is 492 g/mol. The minimum Gasteiger partial charge on any atom is -0.476 e. The van der Waals surface area contributed by atoms with Gasteiger partial charge in [-0.25, -0.2) is 14.2 Å². The zero-order chi connectivity index (χ0) is 24.2. The number of carboxylic acid groups (broad SMARTS) is 1. The van der Waals surface area contributed by atoms with Crippen LogP contribution < -0.4 is 0 Å². The van der Waals surface area contributed by atoms with E-state index in [4.69, 9.17) is 9.47 Å². The average molecular weight is 493 g/mol. The van der Waals surface area contributed by atoms with Crippen molar-refractivity contribution in [3.63, 3.8) is 0 Å². The van der Waals surface area contributed by atoms with E-state index in [-0.39, 0.29) is 11.6 Å². The quantitative estimate of drug-likeness (QED) is 0.342. The average Bonchev–Trinajstić information content (AvgIpc) is 3.32. The standard InChI is InChI=1S/C23H40N4O4Si2/c1-32(2,3)11-9-30-16-26-15-19(14-24-26)18-7-8-20-21(13-18)27(25-22(20)23(28)29)17-31-10-12-33(4,5)6/h14-15,18H,7-13,16-17H2,1-6H3,(H,28,29). The van der Waals surface area contributed by atoms with Crippen LogP contribution in [-0.2, 0) is 35.8 Å². The smallest absolute Gasteiger partial charge is 0.356 e. The molecule has 0 saturated heterocycles. The van der Waals surface area contributed by atoms with Crippen LogP contribution in [0.2, 0.25) is 51.4 Å². The highest BCUT2D eigenvalue weighted by molar-refractivity contribution is 6.76. The molecule has 1 aliphatic carbocycles. The minimum absolute atomic E-state index is 0.170. The van der Waals surface area contributed by atoms with Crippen LogP contribution in [0.4, 0.5) is 0 Å². The number of carbonyl (C=O) groups is 1. The Kier molecular flexibility index (Phi) is 8.36. The third kappa shape index (κ3) is 7.63. The molecule has 1 unspecified atom stereocenters. The molecule has 0 fully saturated rings. The number of nitrogens with zero attached hydrogens (tertiary/aromatic N) is 4. The summed E-state index contributed by atoms with van der Waals surface area (Å²) in [7, 11) is -2.27. The zero-order valence-corrected chi connectivity index (χ0v) is 23.1. The third-order valence-corrected chi connectivity index (χ3v) is 9.51. The topological polar surface area (TPSA) is 91.4 Å². The van der Waals surface area contributed by atoms with Crippen molar-refractivity contribution in [3.8, 4) is 0 Å². The molecule has 1 N–H and O–H groups in total. The molecule has 2 aromatic rings. The van der Waals surface area contributed by atoms with Gasteiger partial charge >= 0.3 is 5.97 Å². The first-order chi connectivity index (χ1) is 15.4. The molecule has 3 rings (SSSR count). The van der Waals surface area contributed by atoms with Crippen molar-refractivity contribution < 1.29 is 19.4 Å². The second-order valence-corrected chi connectivity index (χ2v) is 22.8. The highest BCUT2D eigenvalue weighted by atomic mass is 28.3. The van der Waals surface area contributed by atoms with Crippen molar-refractivity contribution in [2.24, 2.45) is 0 Å². The van der Waals surface area contributed by atoms with E-state index >= 15 is 0 Å². The summed E-state index contributed by atoms with van der Waals surface area (Å²) in [5, 5.41) is 18.5. The van der Waals surface area contributed by atoms with Crippen LogP contribution >= 0.6 is 0 Å². The van der Waals surface area contributed by atoms with E-state index in [1.54, 1.807) is 4.68 Å². The van der Waals surface area contributed by atoms with Crippen molar-refractivity contribution in [2.75, 3.05) is 13.2 Å². The van der Waals surface area contributed by atoms with Gasteiger partial charge in [0, 0.05) is 46.8 Å². The maximum absolute atomic E-state index is 11.8. The predicted molar refractivity (Wildman–Crippen MR) is 134 cm³/mol. The van der Waals surface area contributed by atoms with Crippen LogP contribution in [0.15, 0.2) is 12.4 Å². The Morgan fingerprint density at radius 3 is 2.33 bits per heavy atom. The number of aromatic nitrogens is 4. The van der Waals surface area contributed by atoms with Gasteiger partial charge < -0.3 is 14.6 Å². The molecule has 10 heteroatoms. The molecule has 0 radical (unpaired) electrons. The van der Waals surface area contributed by atoms with Crippen LogP contribution in [0, 0.1) is 0 Å². The van der Waals surface area contributed by atoms with Gasteiger partial charge in [0.15, 0.2) is 5.69 Å². The van der Waals surface area contributed by atoms with Crippen molar-refractivity contribution in [2.45, 2.75) is 90.0 Å². The van der Waals surface area contributed by atoms with Crippen molar-refractivity contribution in [3.05, 3.63) is 34.9 Å². The first kappa shape index (κ1) is 25.9. The van der Waals surface area contributed by atoms with E-state index in [2.05, 4.69) is 55.7 Å². The van der Waals surface area contributed by atoms with E-state index in [1.807, 2.05) is 10.9 Å². The van der Waals surface area contributed by atoms with Gasteiger partial charge in [-0.3, -0.25) is 0 Å². The summed E-state index contributed by atoms with van der Waals surface area (Å²) in [6, 6.07) is 2.21. The molecule has 8 nitrogen and oxygen atoms in total. The van der Waals surface area contributed by atoms with Crippen molar-refractivity contribution in [1.82, 2.24) is 19.6 Å². The first-order valence-electron chi connectivity index (χ1n) is 11.9. The van der Waals surface area contributed by atoms with E-state index in [0.717, 1.165) is 42.8 Å². The lowest BCUT2D eigenvalue weighted by molar-refractivity contribution is 0.0668. The molecule has 0 aliphatic heterocycles. The van der Waals surface area contributed by atoms with E-state index < -0.39 is 22.1 Å². The van der Waals surface area contributed by atoms with Crippen LogP contribution in [0.5, 0.6) is 0 Å². The van der Waals surface area contributed by atoms with E-state index in [0.29, 0.717) is 26.5 Å². The molecule has 0 bridgehead atoms. The molecule has 1 atom stereocenters. The Labute approximate surface area is 199 Å². The lowest BCUT2D eigenvalue weighted by Crippen LogP contribution is -2.22. The summed E-state index contributed by atoms with van der Waals surface area (Å²) in [6.45, 7) is 16.2. The molecular formula is C23H40N4O4Si2. The summed E-state index contributed by atoms with van der Waals surface area (Å²) < 4.78 is 15.3. The van der Waals surface area contributed by atoms with Gasteiger partial charge in [0.2, 0.25) is 0 Å². The Morgan fingerprint density at radius 1 is 1.09 bits per heavy atom. The summed E-state index contributed by atoms with van der Waals surface area (Å²) in [6.07, 6.45) is 6.31. The second kappa shape index (κ2) is 10.7. The third-order valence-electron chi connectivity index (χ3n) is 6.11. The number of rotatable bonds is 12. The maximum Gasteiger partial charge on any atom is 0.356 e. The van der Waals surface area contributed by atoms with Crippen LogP contribution in [0.3, 0.4) is 0 Å². The van der Waals surface area contributed by atoms with Gasteiger partial charge in [0.25, 0.3) is 0 Å². The van der Waals surface area contributed by atoms with Crippen LogP contribution in [-0.4, -0.2) is 60.0 Å². The van der Waals surface area contributed by atoms with Crippen molar-refractivity contribution >= 4 is 22.1 Å². The van der Waals surface area contributed by atoms with Gasteiger partial charge in [0.1, 0.15) is 13.5 Å². The molecule has 1 aliphatic rings. The normalized spacial score (nSPS) is 16.7. The molecular weight excluding hydrogens is 452 g/mol. The Morgan fingerprint density at radius 2 is 1.73 bits per heavy atom. The number of aromatic carboxylic acids is 1. The van der Waals surface area contributed by atoms with Gasteiger partial charge in [0.05, 0.1) is 6.20 Å². The van der Waals surface area contributed by atoms with Crippen LogP contribution in [0.1, 0.15) is 39.6 Å². The summed E-state index contributed by atoms with van der Waals surface area (Å²) >= 11 is 0. The number of hydrogen-bond acceptors (Lipinski definition) is 5. The molecule has 0 saturated carbocycles. The summed E-state index contributed by atoms with van der Waals surface area (Å²) in [5.74, 6) is -0.679. The van der Waals surface area contributed by atoms with Crippen molar-refractivity contribution in [1.29, 1.82) is 0 Å². The minimum atomic E-state index is -1.18. The summed E-state index contributed by atoms with van der Waals surface area (Å²) in [5.41, 5.74) is 3.17. The lowest BCUT2D eigenvalue weighted by atomic mass is 9.83. The van der Waals surface area contributed by atoms with E-state index in [1.165, 1.54) is 5.56 Å². The highest BCUT2D eigenvalue weighted by Gasteiger charge is 2.30. The molecule has 2 aromatic heterocycles. The summed E-state index contributed by atoms with van der Waals surface area (Å²) in [4.78, 5) is 11.8. The Balaban J connectivity index is 1.64. The maximum atomic E-state index is 11.8. The molecule has 0 spiro atoms. The van der Waals surface area contributed by atoms with Gasteiger partial charge in [-0.15, -0.1) is 0 Å². The number of hydrogen-bond donors (Lipinski definition) is 1. The number of ether oxygens (including phenoxy) is 2. The van der Waals surface area contributed by atoms with E-state index in [9.17, 15) is 9.90 Å². The molecule has 184 valence electrons. The highest BCUT2D eigenvalue weighted by Crippen LogP contribution is 2.34. The molecule has 0 amide bonds. The zero-order valence-electron chi connectivity index (χ0n) is 21.1. The fourth-order valence-electron chi connectivity index (χ4n) is 3.97. The SMILES string of the molecule is C[Si](C)(C)CCOCn1cc(C2CCc3c(C(=O)O)nn(COCC[Si](C)(C)C)c3C2)cn1. The van der Waals surface area contributed by atoms with Gasteiger partial charge in [-0.1, -0.05) is 39.3 Å². The molecule has 33 heavy (non-hydrogen) atoms. The number of fused-ring (bicyclic) bond motifs is 1. The largest absolute Gasteiger partial charge is 0.476 e. The lowest BCUT2D eigenvalue weighted by Gasteiger charge is -2.23. The van der Waals surface area contributed by atoms with Gasteiger partial charge in [-0.2, -0.15) is 10.2 Å². The van der Waals surface area contributed by atoms with Crippen LogP contribution in [0.25, 0.3) is 0 Å². The fraction of sp³-hybridized carbons (Fsp3) is 0.696. The molecule has 2 heterocycles. The predicted octanol–water partition coefficient (Wildman–Crippen LogP) is 4.67. The molecule has 0 aromatic carbocycles. The van der Waals surface area contributed by atoms with Gasteiger partial charge in [-0.05, 0) is 42.8 Å².